The monoisotopic (exact) mass is 321 g/mol. The van der Waals surface area contributed by atoms with Crippen molar-refractivity contribution < 1.29 is 14.7 Å². The van der Waals surface area contributed by atoms with E-state index in [4.69, 9.17) is 16.7 Å². The number of carbonyl (C=O) groups excluding carboxylic acids is 1. The van der Waals surface area contributed by atoms with Crippen molar-refractivity contribution >= 4 is 23.5 Å². The Morgan fingerprint density at radius 1 is 1.36 bits per heavy atom. The molecular formula is C15H16ClN3O3. The summed E-state index contributed by atoms with van der Waals surface area (Å²) in [6, 6.07) is 6.59. The van der Waals surface area contributed by atoms with Crippen LogP contribution in [0.2, 0.25) is 5.02 Å². The van der Waals surface area contributed by atoms with Gasteiger partial charge in [0, 0.05) is 17.3 Å². The van der Waals surface area contributed by atoms with E-state index in [2.05, 4.69) is 10.4 Å². The lowest BCUT2D eigenvalue weighted by Gasteiger charge is -2.17. The molecule has 0 aliphatic heterocycles. The number of rotatable bonds is 5. The zero-order chi connectivity index (χ0) is 16.3. The molecule has 2 atom stereocenters. The quantitative estimate of drug-likeness (QED) is 0.885. The van der Waals surface area contributed by atoms with Gasteiger partial charge in [-0.05, 0) is 32.0 Å². The van der Waals surface area contributed by atoms with Gasteiger partial charge >= 0.3 is 5.97 Å². The highest BCUT2D eigenvalue weighted by atomic mass is 35.5. The van der Waals surface area contributed by atoms with E-state index in [9.17, 15) is 9.59 Å². The summed E-state index contributed by atoms with van der Waals surface area (Å²) in [5, 5.41) is 16.3. The molecule has 2 aromatic rings. The molecule has 0 saturated heterocycles. The third-order valence-electron chi connectivity index (χ3n) is 3.42. The van der Waals surface area contributed by atoms with Crippen molar-refractivity contribution in [1.29, 1.82) is 0 Å². The van der Waals surface area contributed by atoms with Gasteiger partial charge in [-0.25, -0.2) is 4.68 Å². The van der Waals surface area contributed by atoms with E-state index < -0.39 is 17.9 Å². The first kappa shape index (κ1) is 16.0. The highest BCUT2D eigenvalue weighted by molar-refractivity contribution is 6.30. The number of hydrogen-bond donors (Lipinski definition) is 2. The number of nitrogens with one attached hydrogen (secondary N) is 1. The summed E-state index contributed by atoms with van der Waals surface area (Å²) in [5.74, 6) is -2.00. The average Bonchev–Trinajstić information content (AvgIpc) is 2.96. The molecule has 6 nitrogen and oxygen atoms in total. The Hall–Kier alpha value is -2.34. The van der Waals surface area contributed by atoms with Crippen LogP contribution in [0.4, 0.5) is 0 Å². The lowest BCUT2D eigenvalue weighted by molar-refractivity contribution is -0.141. The van der Waals surface area contributed by atoms with Gasteiger partial charge < -0.3 is 10.4 Å². The molecule has 1 amide bonds. The molecule has 2 N–H and O–H groups in total. The third kappa shape index (κ3) is 3.65. The fourth-order valence-corrected chi connectivity index (χ4v) is 2.01. The number of carboxylic acid groups (broad SMARTS) is 1. The number of aliphatic carboxylic acids is 1. The first-order valence-electron chi connectivity index (χ1n) is 6.72. The first-order chi connectivity index (χ1) is 10.4. The van der Waals surface area contributed by atoms with Gasteiger partial charge in [-0.15, -0.1) is 0 Å². The second-order valence-corrected chi connectivity index (χ2v) is 5.48. The van der Waals surface area contributed by atoms with Crippen LogP contribution < -0.4 is 5.32 Å². The molecule has 22 heavy (non-hydrogen) atoms. The van der Waals surface area contributed by atoms with Crippen LogP contribution in [-0.4, -0.2) is 32.8 Å². The maximum absolute atomic E-state index is 12.1. The Bertz CT molecular complexity index is 699. The Morgan fingerprint density at radius 2 is 2.09 bits per heavy atom. The molecule has 0 bridgehead atoms. The summed E-state index contributed by atoms with van der Waals surface area (Å²) in [7, 11) is 0. The molecular weight excluding hydrogens is 306 g/mol. The van der Waals surface area contributed by atoms with Crippen LogP contribution in [-0.2, 0) is 4.79 Å². The van der Waals surface area contributed by atoms with Gasteiger partial charge in [0.05, 0.1) is 23.4 Å². The van der Waals surface area contributed by atoms with Crippen LogP contribution >= 0.6 is 11.6 Å². The summed E-state index contributed by atoms with van der Waals surface area (Å²) < 4.78 is 1.53. The lowest BCUT2D eigenvalue weighted by Crippen LogP contribution is -2.39. The minimum Gasteiger partial charge on any atom is -0.481 e. The number of benzene rings is 1. The van der Waals surface area contributed by atoms with Crippen LogP contribution in [0.15, 0.2) is 36.7 Å². The van der Waals surface area contributed by atoms with E-state index in [0.717, 1.165) is 5.69 Å². The molecule has 7 heteroatoms. The predicted molar refractivity (Wildman–Crippen MR) is 82.3 cm³/mol. The van der Waals surface area contributed by atoms with Crippen molar-refractivity contribution in [2.24, 2.45) is 5.92 Å². The van der Waals surface area contributed by atoms with Crippen molar-refractivity contribution in [2.75, 3.05) is 0 Å². The Kier molecular flexibility index (Phi) is 4.82. The molecule has 2 rings (SSSR count). The fraction of sp³-hybridized carbons (Fsp3) is 0.267. The van der Waals surface area contributed by atoms with E-state index in [1.165, 1.54) is 10.9 Å². The third-order valence-corrected chi connectivity index (χ3v) is 3.65. The smallest absolute Gasteiger partial charge is 0.308 e. The predicted octanol–water partition coefficient (Wildman–Crippen LogP) is 2.36. The molecule has 0 aliphatic carbocycles. The van der Waals surface area contributed by atoms with Crippen molar-refractivity contribution in [1.82, 2.24) is 15.1 Å². The van der Waals surface area contributed by atoms with Gasteiger partial charge in [-0.3, -0.25) is 9.59 Å². The van der Waals surface area contributed by atoms with E-state index in [0.29, 0.717) is 10.6 Å². The van der Waals surface area contributed by atoms with Crippen molar-refractivity contribution in [3.05, 3.63) is 47.2 Å². The molecule has 1 heterocycles. The summed E-state index contributed by atoms with van der Waals surface area (Å²) in [4.78, 5) is 23.0. The van der Waals surface area contributed by atoms with Crippen LogP contribution in [0.3, 0.4) is 0 Å². The molecule has 116 valence electrons. The normalized spacial score (nSPS) is 13.4. The zero-order valence-electron chi connectivity index (χ0n) is 12.2. The van der Waals surface area contributed by atoms with Gasteiger partial charge in [0.15, 0.2) is 0 Å². The van der Waals surface area contributed by atoms with E-state index >= 15 is 0 Å². The Morgan fingerprint density at radius 3 is 2.73 bits per heavy atom. The summed E-state index contributed by atoms with van der Waals surface area (Å²) in [5.41, 5.74) is 1.09. The number of carbonyl (C=O) groups is 2. The fourth-order valence-electron chi connectivity index (χ4n) is 1.83. The first-order valence-corrected chi connectivity index (χ1v) is 7.10. The highest BCUT2D eigenvalue weighted by Gasteiger charge is 2.22. The SMILES string of the molecule is CC(NC(=O)c1cnn(-c2cccc(Cl)c2)c1)C(C)C(=O)O. The number of aromatic nitrogens is 2. The van der Waals surface area contributed by atoms with Crippen LogP contribution in [0.5, 0.6) is 0 Å². The molecule has 1 aromatic heterocycles. The van der Waals surface area contributed by atoms with Gasteiger partial charge in [0.25, 0.3) is 5.91 Å². The summed E-state index contributed by atoms with van der Waals surface area (Å²) >= 11 is 5.92. The molecule has 2 unspecified atom stereocenters. The van der Waals surface area contributed by atoms with E-state index in [-0.39, 0.29) is 5.91 Å². The number of halogens is 1. The maximum atomic E-state index is 12.1. The second kappa shape index (κ2) is 6.62. The highest BCUT2D eigenvalue weighted by Crippen LogP contribution is 2.15. The van der Waals surface area contributed by atoms with Gasteiger partial charge in [0.1, 0.15) is 0 Å². The maximum Gasteiger partial charge on any atom is 0.308 e. The van der Waals surface area contributed by atoms with Crippen LogP contribution in [0.25, 0.3) is 5.69 Å². The van der Waals surface area contributed by atoms with Crippen molar-refractivity contribution in [2.45, 2.75) is 19.9 Å². The largest absolute Gasteiger partial charge is 0.481 e. The van der Waals surface area contributed by atoms with Crippen LogP contribution in [0, 0.1) is 5.92 Å². The number of amides is 1. The minimum atomic E-state index is -0.956. The average molecular weight is 322 g/mol. The Balaban J connectivity index is 2.11. The van der Waals surface area contributed by atoms with E-state index in [1.54, 1.807) is 38.2 Å². The minimum absolute atomic E-state index is 0.351. The zero-order valence-corrected chi connectivity index (χ0v) is 12.9. The number of nitrogens with zero attached hydrogens (tertiary/aromatic N) is 2. The number of hydrogen-bond acceptors (Lipinski definition) is 3. The Labute approximate surface area is 132 Å². The molecule has 0 spiro atoms. The van der Waals surface area contributed by atoms with Gasteiger partial charge in [-0.2, -0.15) is 5.10 Å². The molecule has 0 radical (unpaired) electrons. The van der Waals surface area contributed by atoms with Gasteiger partial charge in [-0.1, -0.05) is 17.7 Å². The topological polar surface area (TPSA) is 84.2 Å². The summed E-state index contributed by atoms with van der Waals surface area (Å²) in [6.45, 7) is 3.20. The van der Waals surface area contributed by atoms with Crippen LogP contribution in [0.1, 0.15) is 24.2 Å². The van der Waals surface area contributed by atoms with Crippen molar-refractivity contribution in [3.8, 4) is 5.69 Å². The number of carboxylic acids is 1. The van der Waals surface area contributed by atoms with Crippen molar-refractivity contribution in [3.63, 3.8) is 0 Å². The van der Waals surface area contributed by atoms with Gasteiger partial charge in [0.2, 0.25) is 0 Å². The second-order valence-electron chi connectivity index (χ2n) is 5.04. The van der Waals surface area contributed by atoms with E-state index in [1.807, 2.05) is 6.07 Å². The lowest BCUT2D eigenvalue weighted by atomic mass is 10.0. The molecule has 1 aromatic carbocycles. The molecule has 0 saturated carbocycles. The summed E-state index contributed by atoms with van der Waals surface area (Å²) in [6.07, 6.45) is 2.99. The molecule has 0 aliphatic rings. The standard InChI is InChI=1S/C15H16ClN3O3/c1-9(15(21)22)10(2)18-14(20)11-7-17-19(8-11)13-5-3-4-12(16)6-13/h3-10H,1-2H3,(H,18,20)(H,21,22). The molecule has 0 fully saturated rings.